The molecular weight excluding hydrogens is 498 g/mol. The molecule has 1 N–H and O–H groups in total. The van der Waals surface area contributed by atoms with Crippen LogP contribution in [0.2, 0.25) is 0 Å². The molecule has 0 bridgehead atoms. The van der Waals surface area contributed by atoms with E-state index >= 15 is 0 Å². The first-order valence-corrected chi connectivity index (χ1v) is 14.8. The summed E-state index contributed by atoms with van der Waals surface area (Å²) in [5.74, 6) is 0.737. The van der Waals surface area contributed by atoms with Crippen LogP contribution in [0.3, 0.4) is 0 Å². The molecule has 0 atom stereocenters. The Morgan fingerprint density at radius 2 is 1.88 bits per heavy atom. The van der Waals surface area contributed by atoms with Crippen molar-refractivity contribution in [2.45, 2.75) is 52.2 Å². The molecule has 2 saturated heterocycles. The standard InChI is InChI=1S/C34H45N3O3/c1-5-28(29-9-10-32(26(3)17-29)33-22-35-12-11-25(33)2)8-7-27(4)40-30-18-34(19-30)23-37(24-34)13-16-38-14-6-15-39-31-20-36-21-31/h5,7-12,17,22,30-31,36H,4,6,13-16,18-21,23-24H2,1-3H3/b8-7-,28-5+. The summed E-state index contributed by atoms with van der Waals surface area (Å²) in [5.41, 5.74) is 7.68. The molecule has 0 radical (unpaired) electrons. The fraction of sp³-hybridized carbons (Fsp3) is 0.500. The van der Waals surface area contributed by atoms with Crippen molar-refractivity contribution < 1.29 is 14.2 Å². The summed E-state index contributed by atoms with van der Waals surface area (Å²) in [6.07, 6.45) is 14.0. The lowest BCUT2D eigenvalue weighted by Gasteiger charge is -2.58. The molecule has 1 aromatic carbocycles. The Morgan fingerprint density at radius 1 is 1.05 bits per heavy atom. The fourth-order valence-corrected chi connectivity index (χ4v) is 6.08. The molecule has 1 aliphatic carbocycles. The zero-order valence-corrected chi connectivity index (χ0v) is 24.5. The second kappa shape index (κ2) is 13.3. The van der Waals surface area contributed by atoms with Crippen LogP contribution in [0.5, 0.6) is 0 Å². The number of hydrogen-bond donors (Lipinski definition) is 1. The SMILES string of the molecule is C=C(/C=C\C(=C/C)c1ccc(-c2cnccc2C)c(C)c1)OC1CC2(C1)CN(CCOCCCOC1CNC1)C2. The van der Waals surface area contributed by atoms with E-state index < -0.39 is 0 Å². The van der Waals surface area contributed by atoms with Gasteiger partial charge in [-0.1, -0.05) is 36.9 Å². The Kier molecular flexibility index (Phi) is 9.53. The second-order valence-corrected chi connectivity index (χ2v) is 11.7. The van der Waals surface area contributed by atoms with Crippen LogP contribution in [0.1, 0.15) is 42.9 Å². The van der Waals surface area contributed by atoms with E-state index in [0.29, 0.717) is 11.5 Å². The average Bonchev–Trinajstić information content (AvgIpc) is 2.87. The van der Waals surface area contributed by atoms with E-state index in [1.54, 1.807) is 0 Å². The van der Waals surface area contributed by atoms with Crippen molar-refractivity contribution in [1.29, 1.82) is 0 Å². The molecule has 2 aromatic rings. The summed E-state index contributed by atoms with van der Waals surface area (Å²) in [4.78, 5) is 6.82. The van der Waals surface area contributed by atoms with Crippen molar-refractivity contribution in [2.24, 2.45) is 5.41 Å². The molecule has 3 fully saturated rings. The number of nitrogens with one attached hydrogen (secondary N) is 1. The summed E-state index contributed by atoms with van der Waals surface area (Å²) in [6.45, 7) is 18.3. The van der Waals surface area contributed by atoms with Crippen molar-refractivity contribution in [3.63, 3.8) is 0 Å². The number of likely N-dealkylation sites (tertiary alicyclic amines) is 1. The van der Waals surface area contributed by atoms with Crippen LogP contribution in [-0.2, 0) is 14.2 Å². The van der Waals surface area contributed by atoms with Gasteiger partial charge in [-0.25, -0.2) is 0 Å². The van der Waals surface area contributed by atoms with Gasteiger partial charge in [0.2, 0.25) is 0 Å². The Labute approximate surface area is 240 Å². The molecule has 214 valence electrons. The van der Waals surface area contributed by atoms with Gasteiger partial charge in [-0.05, 0) is 80.0 Å². The predicted octanol–water partition coefficient (Wildman–Crippen LogP) is 5.71. The Bertz CT molecular complexity index is 1220. The first kappa shape index (κ1) is 28.7. The summed E-state index contributed by atoms with van der Waals surface area (Å²) >= 11 is 0. The topological polar surface area (TPSA) is 55.9 Å². The lowest BCUT2D eigenvalue weighted by molar-refractivity contribution is -0.138. The molecule has 0 unspecified atom stereocenters. The zero-order valence-electron chi connectivity index (χ0n) is 24.5. The van der Waals surface area contributed by atoms with Crippen molar-refractivity contribution in [3.8, 4) is 11.1 Å². The molecule has 6 heteroatoms. The van der Waals surface area contributed by atoms with Gasteiger partial charge in [0.25, 0.3) is 0 Å². The van der Waals surface area contributed by atoms with Crippen LogP contribution in [0, 0.1) is 19.3 Å². The van der Waals surface area contributed by atoms with Crippen LogP contribution in [0.4, 0.5) is 0 Å². The predicted molar refractivity (Wildman–Crippen MR) is 162 cm³/mol. The third-order valence-electron chi connectivity index (χ3n) is 8.49. The molecular formula is C34H45N3O3. The van der Waals surface area contributed by atoms with E-state index in [4.69, 9.17) is 14.2 Å². The summed E-state index contributed by atoms with van der Waals surface area (Å²) in [7, 11) is 0. The van der Waals surface area contributed by atoms with Crippen LogP contribution in [0.25, 0.3) is 16.7 Å². The van der Waals surface area contributed by atoms with Crippen molar-refractivity contribution in [3.05, 3.63) is 83.9 Å². The smallest absolute Gasteiger partial charge is 0.112 e. The van der Waals surface area contributed by atoms with E-state index in [0.717, 1.165) is 83.1 Å². The van der Waals surface area contributed by atoms with Crippen molar-refractivity contribution in [1.82, 2.24) is 15.2 Å². The Morgan fingerprint density at radius 3 is 2.58 bits per heavy atom. The minimum Gasteiger partial charge on any atom is -0.491 e. The minimum atomic E-state index is 0.278. The van der Waals surface area contributed by atoms with Crippen LogP contribution in [-0.4, -0.2) is 74.6 Å². The maximum atomic E-state index is 6.19. The van der Waals surface area contributed by atoms with Crippen molar-refractivity contribution in [2.75, 3.05) is 52.5 Å². The molecule has 1 spiro atoms. The van der Waals surface area contributed by atoms with Crippen LogP contribution in [0.15, 0.2) is 67.2 Å². The number of aromatic nitrogens is 1. The first-order chi connectivity index (χ1) is 19.4. The summed E-state index contributed by atoms with van der Waals surface area (Å²) in [5, 5.41) is 3.22. The molecule has 6 nitrogen and oxygen atoms in total. The average molecular weight is 544 g/mol. The molecule has 3 aliphatic rings. The maximum absolute atomic E-state index is 6.19. The van der Waals surface area contributed by atoms with E-state index in [1.165, 1.54) is 27.8 Å². The number of pyridine rings is 1. The molecule has 40 heavy (non-hydrogen) atoms. The van der Waals surface area contributed by atoms with Gasteiger partial charge in [-0.15, -0.1) is 0 Å². The van der Waals surface area contributed by atoms with E-state index in [1.807, 2.05) is 18.5 Å². The Balaban J connectivity index is 0.988. The summed E-state index contributed by atoms with van der Waals surface area (Å²) < 4.78 is 17.7. The third kappa shape index (κ3) is 7.10. The van der Waals surface area contributed by atoms with Gasteiger partial charge in [-0.3, -0.25) is 9.88 Å². The second-order valence-electron chi connectivity index (χ2n) is 11.7. The monoisotopic (exact) mass is 543 g/mol. The lowest BCUT2D eigenvalue weighted by Crippen LogP contribution is -2.64. The van der Waals surface area contributed by atoms with Crippen molar-refractivity contribution >= 4 is 5.57 Å². The van der Waals surface area contributed by atoms with Gasteiger partial charge >= 0.3 is 0 Å². The number of hydrogen-bond acceptors (Lipinski definition) is 6. The fourth-order valence-electron chi connectivity index (χ4n) is 6.08. The largest absolute Gasteiger partial charge is 0.491 e. The lowest BCUT2D eigenvalue weighted by atomic mass is 9.62. The summed E-state index contributed by atoms with van der Waals surface area (Å²) in [6, 6.07) is 8.69. The molecule has 0 amide bonds. The zero-order chi connectivity index (χ0) is 28.0. The van der Waals surface area contributed by atoms with Gasteiger partial charge < -0.3 is 19.5 Å². The highest BCUT2D eigenvalue weighted by Gasteiger charge is 2.53. The maximum Gasteiger partial charge on any atom is 0.112 e. The van der Waals surface area contributed by atoms with Crippen LogP contribution < -0.4 is 5.32 Å². The highest BCUT2D eigenvalue weighted by Crippen LogP contribution is 2.50. The first-order valence-electron chi connectivity index (χ1n) is 14.8. The normalized spacial score (nSPS) is 19.4. The van der Waals surface area contributed by atoms with Crippen LogP contribution >= 0.6 is 0 Å². The molecule has 5 rings (SSSR count). The molecule has 1 saturated carbocycles. The van der Waals surface area contributed by atoms with E-state index in [-0.39, 0.29) is 6.10 Å². The van der Waals surface area contributed by atoms with Gasteiger partial charge in [0, 0.05) is 69.3 Å². The van der Waals surface area contributed by atoms with E-state index in [9.17, 15) is 0 Å². The quantitative estimate of drug-likeness (QED) is 0.187. The number of nitrogens with zero attached hydrogens (tertiary/aromatic N) is 2. The molecule has 1 aromatic heterocycles. The highest BCUT2D eigenvalue weighted by molar-refractivity contribution is 5.78. The number of allylic oxidation sites excluding steroid dienone is 4. The minimum absolute atomic E-state index is 0.278. The number of benzene rings is 1. The molecule has 3 heterocycles. The highest BCUT2D eigenvalue weighted by atomic mass is 16.5. The van der Waals surface area contributed by atoms with Gasteiger partial charge in [0.1, 0.15) is 5.76 Å². The Hall–Kier alpha value is -2.77. The van der Waals surface area contributed by atoms with Gasteiger partial charge in [0.15, 0.2) is 0 Å². The molecule has 2 aliphatic heterocycles. The number of ether oxygens (including phenoxy) is 3. The van der Waals surface area contributed by atoms with Gasteiger partial charge in [-0.2, -0.15) is 0 Å². The number of rotatable bonds is 14. The third-order valence-corrected chi connectivity index (χ3v) is 8.49. The number of aryl methyl sites for hydroxylation is 2. The van der Waals surface area contributed by atoms with Gasteiger partial charge in [0.05, 0.1) is 18.8 Å². The van der Waals surface area contributed by atoms with E-state index in [2.05, 4.69) is 79.0 Å².